The second-order valence-corrected chi connectivity index (χ2v) is 8.58. The molecule has 0 saturated carbocycles. The molecule has 0 unspecified atom stereocenters. The highest BCUT2D eigenvalue weighted by Crippen LogP contribution is 2.22. The van der Waals surface area contributed by atoms with Crippen molar-refractivity contribution >= 4 is 27.3 Å². The molecule has 2 rings (SSSR count). The molecular weight excluding hydrogens is 310 g/mol. The number of carbonyl (C=O) groups is 1. The number of rotatable bonds is 4. The van der Waals surface area contributed by atoms with Crippen LogP contribution >= 0.6 is 11.6 Å². The van der Waals surface area contributed by atoms with Gasteiger partial charge in [0.15, 0.2) is 9.84 Å². The zero-order valence-corrected chi connectivity index (χ0v) is 13.8. The first kappa shape index (κ1) is 16.3. The van der Waals surface area contributed by atoms with Crippen LogP contribution in [0.3, 0.4) is 0 Å². The minimum absolute atomic E-state index is 0.0615. The lowest BCUT2D eigenvalue weighted by Gasteiger charge is -2.30. The first-order valence-electron chi connectivity index (χ1n) is 7.05. The number of carbonyl (C=O) groups excluding carboxylic acids is 1. The summed E-state index contributed by atoms with van der Waals surface area (Å²) in [6.45, 7) is 4.58. The lowest BCUT2D eigenvalue weighted by Crippen LogP contribution is -2.43. The third kappa shape index (κ3) is 4.20. The maximum Gasteiger partial charge on any atom is 0.254 e. The minimum atomic E-state index is -3.02. The highest BCUT2D eigenvalue weighted by molar-refractivity contribution is 7.91. The van der Waals surface area contributed by atoms with Crippen LogP contribution in [-0.4, -0.2) is 43.3 Å². The fourth-order valence-electron chi connectivity index (χ4n) is 2.60. The maximum absolute atomic E-state index is 12.7. The summed E-state index contributed by atoms with van der Waals surface area (Å²) in [7, 11) is -3.02. The van der Waals surface area contributed by atoms with E-state index in [0.29, 0.717) is 23.6 Å². The van der Waals surface area contributed by atoms with Crippen LogP contribution in [0, 0.1) is 5.92 Å². The highest BCUT2D eigenvalue weighted by Gasteiger charge is 2.35. The van der Waals surface area contributed by atoms with Gasteiger partial charge in [0, 0.05) is 23.2 Å². The average Bonchev–Trinajstić information content (AvgIpc) is 2.75. The third-order valence-corrected chi connectivity index (χ3v) is 5.53. The third-order valence-electron chi connectivity index (χ3n) is 3.54. The topological polar surface area (TPSA) is 54.5 Å². The normalized spacial score (nSPS) is 20.7. The summed E-state index contributed by atoms with van der Waals surface area (Å²) < 4.78 is 23.4. The largest absolute Gasteiger partial charge is 0.334 e. The lowest BCUT2D eigenvalue weighted by atomic mass is 10.1. The van der Waals surface area contributed by atoms with Gasteiger partial charge in [-0.15, -0.1) is 0 Å². The number of nitrogens with zero attached hydrogens (tertiary/aromatic N) is 1. The second-order valence-electron chi connectivity index (χ2n) is 5.92. The molecule has 0 aliphatic carbocycles. The number of hydrogen-bond donors (Lipinski definition) is 0. The van der Waals surface area contributed by atoms with Gasteiger partial charge in [-0.3, -0.25) is 4.79 Å². The molecule has 21 heavy (non-hydrogen) atoms. The van der Waals surface area contributed by atoms with E-state index in [-0.39, 0.29) is 29.4 Å². The predicted octanol–water partition coefficient (Wildman–Crippen LogP) is 2.63. The van der Waals surface area contributed by atoms with E-state index < -0.39 is 9.84 Å². The van der Waals surface area contributed by atoms with E-state index in [1.807, 2.05) is 13.8 Å². The van der Waals surface area contributed by atoms with Gasteiger partial charge < -0.3 is 4.90 Å². The summed E-state index contributed by atoms with van der Waals surface area (Å²) >= 11 is 5.94. The van der Waals surface area contributed by atoms with Crippen LogP contribution in [0.15, 0.2) is 24.3 Å². The van der Waals surface area contributed by atoms with Gasteiger partial charge in [0.1, 0.15) is 0 Å². The Balaban J connectivity index is 2.26. The summed E-state index contributed by atoms with van der Waals surface area (Å²) in [6.07, 6.45) is 0.515. The van der Waals surface area contributed by atoms with Crippen LogP contribution in [0.25, 0.3) is 0 Å². The number of halogens is 1. The predicted molar refractivity (Wildman–Crippen MR) is 84.4 cm³/mol. The minimum Gasteiger partial charge on any atom is -0.334 e. The van der Waals surface area contributed by atoms with Crippen LogP contribution in [0.4, 0.5) is 0 Å². The van der Waals surface area contributed by atoms with E-state index in [9.17, 15) is 13.2 Å². The molecule has 116 valence electrons. The van der Waals surface area contributed by atoms with Gasteiger partial charge in [-0.1, -0.05) is 31.5 Å². The quantitative estimate of drug-likeness (QED) is 0.853. The smallest absolute Gasteiger partial charge is 0.254 e. The van der Waals surface area contributed by atoms with E-state index >= 15 is 0 Å². The fourth-order valence-corrected chi connectivity index (χ4v) is 4.52. The van der Waals surface area contributed by atoms with Gasteiger partial charge in [-0.2, -0.15) is 0 Å². The lowest BCUT2D eigenvalue weighted by molar-refractivity contribution is 0.0672. The Bertz CT molecular complexity index is 628. The Hall–Kier alpha value is -1.07. The molecule has 6 heteroatoms. The number of amides is 1. The summed E-state index contributed by atoms with van der Waals surface area (Å²) in [6, 6.07) is 6.55. The van der Waals surface area contributed by atoms with Crippen molar-refractivity contribution in [2.45, 2.75) is 26.3 Å². The number of hydrogen-bond acceptors (Lipinski definition) is 3. The van der Waals surface area contributed by atoms with Crippen molar-refractivity contribution in [3.63, 3.8) is 0 Å². The average molecular weight is 330 g/mol. The van der Waals surface area contributed by atoms with Crippen LogP contribution in [0.1, 0.15) is 30.6 Å². The summed E-state index contributed by atoms with van der Waals surface area (Å²) in [5.41, 5.74) is 0.507. The van der Waals surface area contributed by atoms with E-state index in [2.05, 4.69) is 0 Å². The standard InChI is InChI=1S/C15H20ClNO3S/c1-11(2)9-17(14-6-7-21(19,20)10-14)15(18)12-4-3-5-13(16)8-12/h3-5,8,11,14H,6-7,9-10H2,1-2H3/t14-/m1/s1. The molecule has 0 spiro atoms. The molecule has 1 amide bonds. The Kier molecular flexibility index (Phi) is 4.94. The van der Waals surface area contributed by atoms with E-state index in [1.54, 1.807) is 29.2 Å². The van der Waals surface area contributed by atoms with Crippen molar-refractivity contribution in [3.05, 3.63) is 34.9 Å². The Morgan fingerprint density at radius 1 is 1.43 bits per heavy atom. The van der Waals surface area contributed by atoms with Crippen molar-refractivity contribution in [3.8, 4) is 0 Å². The molecule has 4 nitrogen and oxygen atoms in total. The number of sulfone groups is 1. The van der Waals surface area contributed by atoms with Crippen LogP contribution in [-0.2, 0) is 9.84 Å². The molecule has 1 fully saturated rings. The Morgan fingerprint density at radius 3 is 2.67 bits per heavy atom. The fraction of sp³-hybridized carbons (Fsp3) is 0.533. The summed E-state index contributed by atoms with van der Waals surface area (Å²) in [5, 5.41) is 0.504. The zero-order valence-electron chi connectivity index (χ0n) is 12.3. The summed E-state index contributed by atoms with van der Waals surface area (Å²) in [4.78, 5) is 14.4. The van der Waals surface area contributed by atoms with Crippen LogP contribution < -0.4 is 0 Å². The Morgan fingerprint density at radius 2 is 2.14 bits per heavy atom. The van der Waals surface area contributed by atoms with Crippen LogP contribution in [0.5, 0.6) is 0 Å². The first-order chi connectivity index (χ1) is 9.78. The van der Waals surface area contributed by atoms with Crippen LogP contribution in [0.2, 0.25) is 5.02 Å². The molecule has 0 bridgehead atoms. The maximum atomic E-state index is 12.7. The summed E-state index contributed by atoms with van der Waals surface area (Å²) in [5.74, 6) is 0.353. The molecule has 1 heterocycles. The van der Waals surface area contributed by atoms with Gasteiger partial charge in [0.05, 0.1) is 11.5 Å². The molecule has 1 atom stereocenters. The molecule has 1 aliphatic rings. The van der Waals surface area contributed by atoms with Gasteiger partial charge in [-0.05, 0) is 30.5 Å². The molecule has 0 N–H and O–H groups in total. The molecule has 1 aromatic carbocycles. The van der Waals surface area contributed by atoms with E-state index in [4.69, 9.17) is 11.6 Å². The molecule has 1 aliphatic heterocycles. The van der Waals surface area contributed by atoms with Crippen molar-refractivity contribution in [2.24, 2.45) is 5.92 Å². The van der Waals surface area contributed by atoms with Crippen molar-refractivity contribution < 1.29 is 13.2 Å². The first-order valence-corrected chi connectivity index (χ1v) is 9.25. The highest BCUT2D eigenvalue weighted by atomic mass is 35.5. The SMILES string of the molecule is CC(C)CN(C(=O)c1cccc(Cl)c1)[C@@H]1CCS(=O)(=O)C1. The molecule has 1 saturated heterocycles. The second kappa shape index (κ2) is 6.36. The monoisotopic (exact) mass is 329 g/mol. The van der Waals surface area contributed by atoms with E-state index in [1.165, 1.54) is 0 Å². The van der Waals surface area contributed by atoms with Gasteiger partial charge in [0.2, 0.25) is 0 Å². The van der Waals surface area contributed by atoms with Gasteiger partial charge in [-0.25, -0.2) is 8.42 Å². The van der Waals surface area contributed by atoms with E-state index in [0.717, 1.165) is 0 Å². The molecule has 0 radical (unpaired) electrons. The molecule has 1 aromatic rings. The van der Waals surface area contributed by atoms with Gasteiger partial charge in [0.25, 0.3) is 5.91 Å². The van der Waals surface area contributed by atoms with Gasteiger partial charge >= 0.3 is 0 Å². The molecular formula is C15H20ClNO3S. The van der Waals surface area contributed by atoms with Crippen molar-refractivity contribution in [1.82, 2.24) is 4.90 Å². The zero-order chi connectivity index (χ0) is 15.6. The van der Waals surface area contributed by atoms with Crippen molar-refractivity contribution in [1.29, 1.82) is 0 Å². The molecule has 0 aromatic heterocycles. The van der Waals surface area contributed by atoms with Crippen molar-refractivity contribution in [2.75, 3.05) is 18.1 Å². The number of benzene rings is 1. The Labute approximate surface area is 131 Å².